The van der Waals surface area contributed by atoms with E-state index < -0.39 is 0 Å². The number of rotatable bonds is 5. The number of nitrogens with zero attached hydrogens (tertiary/aromatic N) is 3. The van der Waals surface area contributed by atoms with E-state index in [-0.39, 0.29) is 24.8 Å². The van der Waals surface area contributed by atoms with Crippen molar-refractivity contribution in [2.75, 3.05) is 5.73 Å². The molecule has 32 heavy (non-hydrogen) atoms. The van der Waals surface area contributed by atoms with Gasteiger partial charge in [0.05, 0.1) is 22.7 Å². The predicted octanol–water partition coefficient (Wildman–Crippen LogP) is 5.86. The van der Waals surface area contributed by atoms with E-state index >= 15 is 0 Å². The maximum atomic E-state index is 8.89. The van der Waals surface area contributed by atoms with Gasteiger partial charge in [-0.2, -0.15) is 5.26 Å². The summed E-state index contributed by atoms with van der Waals surface area (Å²) in [7, 11) is 1.95. The molecule has 0 saturated carbocycles. The first-order valence-electron chi connectivity index (χ1n) is 9.57. The number of ether oxygens (including phenoxy) is 2. The number of nitrogen functional groups attached to an aromatic ring is 1. The summed E-state index contributed by atoms with van der Waals surface area (Å²) in [4.78, 5) is 4.66. The summed E-state index contributed by atoms with van der Waals surface area (Å²) in [6.07, 6.45) is 0. The summed E-state index contributed by atoms with van der Waals surface area (Å²) in [6.45, 7) is 4.27. The summed E-state index contributed by atoms with van der Waals surface area (Å²) >= 11 is 0. The lowest BCUT2D eigenvalue weighted by Crippen LogP contribution is -2.03. The van der Waals surface area contributed by atoms with E-state index in [0.717, 1.165) is 45.2 Å². The molecule has 166 valence electrons. The summed E-state index contributed by atoms with van der Waals surface area (Å²) in [5.74, 6) is 2.98. The number of nitriles is 1. The molecule has 6 nitrogen and oxygen atoms in total. The average molecular weight is 471 g/mol. The van der Waals surface area contributed by atoms with Crippen LogP contribution in [0.15, 0.2) is 54.6 Å². The zero-order valence-corrected chi connectivity index (χ0v) is 19.6. The number of halogens is 2. The van der Waals surface area contributed by atoms with Gasteiger partial charge in [0.25, 0.3) is 0 Å². The third-order valence-corrected chi connectivity index (χ3v) is 5.10. The fourth-order valence-corrected chi connectivity index (χ4v) is 3.32. The number of imidazole rings is 1. The maximum absolute atomic E-state index is 8.89. The Morgan fingerprint density at radius 3 is 2.19 bits per heavy atom. The summed E-state index contributed by atoms with van der Waals surface area (Å²) in [5, 5.41) is 8.89. The van der Waals surface area contributed by atoms with Crippen molar-refractivity contribution in [2.24, 2.45) is 7.05 Å². The highest BCUT2D eigenvalue weighted by Crippen LogP contribution is 2.30. The second-order valence-electron chi connectivity index (χ2n) is 7.24. The van der Waals surface area contributed by atoms with Crippen LogP contribution in [0.1, 0.15) is 22.5 Å². The van der Waals surface area contributed by atoms with E-state index in [1.807, 2.05) is 55.8 Å². The molecule has 0 aliphatic carbocycles. The molecule has 4 aromatic rings. The van der Waals surface area contributed by atoms with Crippen LogP contribution in [0, 0.1) is 25.2 Å². The lowest BCUT2D eigenvalue weighted by Gasteiger charge is -2.11. The zero-order chi connectivity index (χ0) is 21.3. The van der Waals surface area contributed by atoms with Crippen molar-refractivity contribution in [1.82, 2.24) is 9.55 Å². The van der Waals surface area contributed by atoms with Crippen molar-refractivity contribution in [3.8, 4) is 23.3 Å². The lowest BCUT2D eigenvalue weighted by molar-refractivity contribution is 0.292. The van der Waals surface area contributed by atoms with Crippen molar-refractivity contribution >= 4 is 41.5 Å². The Balaban J connectivity index is 0.00000181. The number of benzene rings is 3. The minimum absolute atomic E-state index is 0. The van der Waals surface area contributed by atoms with Gasteiger partial charge in [-0.25, -0.2) is 4.98 Å². The molecule has 0 aliphatic rings. The first-order valence-corrected chi connectivity index (χ1v) is 9.57. The van der Waals surface area contributed by atoms with Crippen LogP contribution in [0.5, 0.6) is 17.2 Å². The van der Waals surface area contributed by atoms with Gasteiger partial charge in [0.1, 0.15) is 29.7 Å². The maximum Gasteiger partial charge on any atom is 0.147 e. The van der Waals surface area contributed by atoms with E-state index in [9.17, 15) is 0 Å². The van der Waals surface area contributed by atoms with Gasteiger partial charge in [-0.3, -0.25) is 0 Å². The van der Waals surface area contributed by atoms with Crippen LogP contribution in [0.4, 0.5) is 5.69 Å². The van der Waals surface area contributed by atoms with Gasteiger partial charge in [0.15, 0.2) is 0 Å². The molecule has 8 heteroatoms. The number of aromatic nitrogens is 2. The fraction of sp³-hybridized carbons (Fsp3) is 0.167. The van der Waals surface area contributed by atoms with Gasteiger partial charge < -0.3 is 19.8 Å². The second kappa shape index (κ2) is 10.3. The van der Waals surface area contributed by atoms with Crippen LogP contribution in [0.25, 0.3) is 11.0 Å². The van der Waals surface area contributed by atoms with E-state index in [0.29, 0.717) is 17.9 Å². The number of nitrogens with two attached hydrogens (primary N) is 1. The lowest BCUT2D eigenvalue weighted by atomic mass is 10.1. The van der Waals surface area contributed by atoms with Crippen molar-refractivity contribution in [2.45, 2.75) is 20.5 Å². The van der Waals surface area contributed by atoms with E-state index in [1.165, 1.54) is 0 Å². The van der Waals surface area contributed by atoms with Crippen LogP contribution >= 0.6 is 24.8 Å². The van der Waals surface area contributed by atoms with Crippen LogP contribution in [0.2, 0.25) is 0 Å². The average Bonchev–Trinajstić information content (AvgIpc) is 3.06. The first kappa shape index (κ1) is 24.9. The highest BCUT2D eigenvalue weighted by Gasteiger charge is 2.11. The van der Waals surface area contributed by atoms with Crippen molar-refractivity contribution < 1.29 is 9.47 Å². The smallest absolute Gasteiger partial charge is 0.147 e. The minimum Gasteiger partial charge on any atom is -0.486 e. The molecular weight excluding hydrogens is 447 g/mol. The molecule has 0 atom stereocenters. The normalized spacial score (nSPS) is 10.1. The minimum atomic E-state index is 0. The van der Waals surface area contributed by atoms with Crippen LogP contribution < -0.4 is 15.2 Å². The molecule has 1 heterocycles. The van der Waals surface area contributed by atoms with Gasteiger partial charge >= 0.3 is 0 Å². The Hall–Kier alpha value is -3.40. The van der Waals surface area contributed by atoms with Gasteiger partial charge in [-0.05, 0) is 73.5 Å². The molecule has 2 N–H and O–H groups in total. The van der Waals surface area contributed by atoms with E-state index in [4.69, 9.17) is 20.5 Å². The summed E-state index contributed by atoms with van der Waals surface area (Å²) < 4.78 is 13.9. The Labute approximate surface area is 199 Å². The van der Waals surface area contributed by atoms with Gasteiger partial charge in [-0.1, -0.05) is 0 Å². The first-order chi connectivity index (χ1) is 14.4. The Morgan fingerprint density at radius 2 is 1.56 bits per heavy atom. The highest BCUT2D eigenvalue weighted by molar-refractivity contribution is 5.85. The van der Waals surface area contributed by atoms with E-state index in [1.54, 1.807) is 24.3 Å². The second-order valence-corrected chi connectivity index (χ2v) is 7.24. The molecule has 0 unspecified atom stereocenters. The van der Waals surface area contributed by atoms with E-state index in [2.05, 4.69) is 11.1 Å². The number of hydrogen-bond acceptors (Lipinski definition) is 5. The molecule has 0 bridgehead atoms. The number of anilines is 1. The molecule has 0 saturated heterocycles. The number of hydrogen-bond donors (Lipinski definition) is 1. The molecule has 0 amide bonds. The molecule has 3 aromatic carbocycles. The Kier molecular flexibility index (Phi) is 7.98. The standard InChI is InChI=1S/C24H22N4O2.2ClH/c1-15-10-20(11-16(2)24(15)26)30-19-8-9-21-22(12-19)28(3)23(27-21)14-29-18-6-4-17(13-25)5-7-18;;/h4-12H,14,26H2,1-3H3;2*1H. The monoisotopic (exact) mass is 470 g/mol. The summed E-state index contributed by atoms with van der Waals surface area (Å²) in [6, 6.07) is 18.8. The fourth-order valence-electron chi connectivity index (χ4n) is 3.32. The predicted molar refractivity (Wildman–Crippen MR) is 131 cm³/mol. The molecule has 1 aromatic heterocycles. The van der Waals surface area contributed by atoms with Gasteiger partial charge in [-0.15, -0.1) is 24.8 Å². The topological polar surface area (TPSA) is 86.1 Å². The van der Waals surface area contributed by atoms with Crippen LogP contribution in [0.3, 0.4) is 0 Å². The molecule has 0 radical (unpaired) electrons. The van der Waals surface area contributed by atoms with Crippen molar-refractivity contribution in [3.63, 3.8) is 0 Å². The number of aryl methyl sites for hydroxylation is 3. The molecule has 4 rings (SSSR count). The van der Waals surface area contributed by atoms with Crippen LogP contribution in [-0.2, 0) is 13.7 Å². The molecule has 0 spiro atoms. The third kappa shape index (κ3) is 5.08. The Morgan fingerprint density at radius 1 is 0.938 bits per heavy atom. The van der Waals surface area contributed by atoms with Gasteiger partial charge in [0, 0.05) is 18.8 Å². The van der Waals surface area contributed by atoms with Crippen LogP contribution in [-0.4, -0.2) is 9.55 Å². The Bertz CT molecular complexity index is 1250. The molecule has 0 fully saturated rings. The molecule has 0 aliphatic heterocycles. The number of fused-ring (bicyclic) bond motifs is 1. The SMILES string of the molecule is Cc1cc(Oc2ccc3nc(COc4ccc(C#N)cc4)n(C)c3c2)cc(C)c1N.Cl.Cl. The third-order valence-electron chi connectivity index (χ3n) is 5.10. The van der Waals surface area contributed by atoms with Crippen molar-refractivity contribution in [3.05, 3.63) is 77.1 Å². The molecular formula is C24H24Cl2N4O2. The summed E-state index contributed by atoms with van der Waals surface area (Å²) in [5.41, 5.74) is 11.2. The zero-order valence-electron chi connectivity index (χ0n) is 18.0. The highest BCUT2D eigenvalue weighted by atomic mass is 35.5. The van der Waals surface area contributed by atoms with Gasteiger partial charge in [0.2, 0.25) is 0 Å². The largest absolute Gasteiger partial charge is 0.486 e. The quantitative estimate of drug-likeness (QED) is 0.369. The van der Waals surface area contributed by atoms with Crippen molar-refractivity contribution in [1.29, 1.82) is 5.26 Å².